The van der Waals surface area contributed by atoms with Crippen molar-refractivity contribution in [3.05, 3.63) is 30.6 Å². The van der Waals surface area contributed by atoms with Crippen LogP contribution in [0.1, 0.15) is 0 Å². The fraction of sp³-hybridized carbons (Fsp3) is 0.429. The Kier molecular flexibility index (Phi) is 2.23. The van der Waals surface area contributed by atoms with E-state index < -0.39 is 0 Å². The summed E-state index contributed by atoms with van der Waals surface area (Å²) in [6.07, 6.45) is 1.68. The quantitative estimate of drug-likeness (QED) is 0.815. The van der Waals surface area contributed by atoms with Gasteiger partial charge in [-0.1, -0.05) is 12.1 Å². The lowest BCUT2D eigenvalue weighted by molar-refractivity contribution is 0.533. The molecule has 2 atom stereocenters. The number of nitrogens with zero attached hydrogens (tertiary/aromatic N) is 3. The van der Waals surface area contributed by atoms with Crippen molar-refractivity contribution in [2.24, 2.45) is 11.8 Å². The summed E-state index contributed by atoms with van der Waals surface area (Å²) >= 11 is 0. The van der Waals surface area contributed by atoms with Crippen molar-refractivity contribution in [2.45, 2.75) is 0 Å². The van der Waals surface area contributed by atoms with Crippen LogP contribution in [0.3, 0.4) is 0 Å². The van der Waals surface area contributed by atoms with E-state index in [4.69, 9.17) is 0 Å². The zero-order chi connectivity index (χ0) is 11.9. The number of hydrogen-bond donors (Lipinski definition) is 1. The molecule has 2 aliphatic rings. The fourth-order valence-corrected chi connectivity index (χ4v) is 3.27. The van der Waals surface area contributed by atoms with Crippen LogP contribution < -0.4 is 10.2 Å². The number of nitrogens with one attached hydrogen (secondary N) is 1. The van der Waals surface area contributed by atoms with Crippen molar-refractivity contribution in [2.75, 3.05) is 31.1 Å². The van der Waals surface area contributed by atoms with Gasteiger partial charge in [-0.3, -0.25) is 0 Å². The van der Waals surface area contributed by atoms with Gasteiger partial charge in [-0.15, -0.1) is 0 Å². The highest BCUT2D eigenvalue weighted by Gasteiger charge is 2.36. The molecule has 0 spiro atoms. The molecule has 2 saturated heterocycles. The van der Waals surface area contributed by atoms with Crippen LogP contribution in [0.25, 0.3) is 10.9 Å². The van der Waals surface area contributed by atoms with Crippen molar-refractivity contribution in [3.63, 3.8) is 0 Å². The van der Waals surface area contributed by atoms with E-state index in [-0.39, 0.29) is 0 Å². The first-order chi connectivity index (χ1) is 8.92. The fourth-order valence-electron chi connectivity index (χ4n) is 3.27. The molecule has 0 unspecified atom stereocenters. The average molecular weight is 240 g/mol. The standard InChI is InChI=1S/C14H16N4/c1-2-4-13-12(3-1)14(17-9-16-13)18-7-10-5-15-6-11(10)8-18/h1-4,9-11,15H,5-8H2/t10-,11+. The molecule has 2 aliphatic heterocycles. The Hall–Kier alpha value is -1.68. The van der Waals surface area contributed by atoms with Gasteiger partial charge in [0.1, 0.15) is 12.1 Å². The second kappa shape index (κ2) is 3.92. The second-order valence-electron chi connectivity index (χ2n) is 5.30. The monoisotopic (exact) mass is 240 g/mol. The van der Waals surface area contributed by atoms with Crippen LogP contribution in [0, 0.1) is 11.8 Å². The third-order valence-corrected chi connectivity index (χ3v) is 4.21. The lowest BCUT2D eigenvalue weighted by Gasteiger charge is -2.19. The first kappa shape index (κ1) is 10.3. The molecule has 2 fully saturated rings. The molecule has 1 aromatic carbocycles. The minimum atomic E-state index is 0.790. The van der Waals surface area contributed by atoms with Crippen molar-refractivity contribution < 1.29 is 0 Å². The minimum Gasteiger partial charge on any atom is -0.355 e. The summed E-state index contributed by atoms with van der Waals surface area (Å²) in [6, 6.07) is 8.27. The smallest absolute Gasteiger partial charge is 0.139 e. The lowest BCUT2D eigenvalue weighted by Crippen LogP contribution is -2.26. The summed E-state index contributed by atoms with van der Waals surface area (Å²) in [5.74, 6) is 2.69. The first-order valence-electron chi connectivity index (χ1n) is 6.57. The first-order valence-corrected chi connectivity index (χ1v) is 6.57. The SMILES string of the molecule is c1ccc2c(N3C[C@H]4CNC[C@H]4C3)ncnc2c1. The van der Waals surface area contributed by atoms with Crippen LogP contribution in [0.15, 0.2) is 30.6 Å². The number of aromatic nitrogens is 2. The van der Waals surface area contributed by atoms with Gasteiger partial charge in [0, 0.05) is 31.6 Å². The van der Waals surface area contributed by atoms with Gasteiger partial charge < -0.3 is 10.2 Å². The molecule has 0 bridgehead atoms. The van der Waals surface area contributed by atoms with Crippen LogP contribution in [-0.2, 0) is 0 Å². The predicted molar refractivity (Wildman–Crippen MR) is 71.6 cm³/mol. The number of anilines is 1. The number of benzene rings is 1. The van der Waals surface area contributed by atoms with Crippen LogP contribution in [0.2, 0.25) is 0 Å². The van der Waals surface area contributed by atoms with E-state index in [0.717, 1.165) is 49.3 Å². The van der Waals surface area contributed by atoms with E-state index in [2.05, 4.69) is 38.4 Å². The Bertz CT molecular complexity index is 566. The van der Waals surface area contributed by atoms with Gasteiger partial charge in [0.15, 0.2) is 0 Å². The molecule has 2 aromatic rings. The van der Waals surface area contributed by atoms with Crippen molar-refractivity contribution in [1.82, 2.24) is 15.3 Å². The van der Waals surface area contributed by atoms with Crippen LogP contribution in [0.4, 0.5) is 5.82 Å². The van der Waals surface area contributed by atoms with Gasteiger partial charge in [-0.05, 0) is 24.0 Å². The van der Waals surface area contributed by atoms with Crippen LogP contribution in [-0.4, -0.2) is 36.1 Å². The predicted octanol–water partition coefficient (Wildman–Crippen LogP) is 1.29. The highest BCUT2D eigenvalue weighted by Crippen LogP contribution is 2.32. The van der Waals surface area contributed by atoms with Gasteiger partial charge in [-0.2, -0.15) is 0 Å². The summed E-state index contributed by atoms with van der Waals surface area (Å²) in [5.41, 5.74) is 1.04. The summed E-state index contributed by atoms with van der Waals surface area (Å²) < 4.78 is 0. The third kappa shape index (κ3) is 1.49. The molecule has 4 rings (SSSR count). The van der Waals surface area contributed by atoms with Gasteiger partial charge in [0.25, 0.3) is 0 Å². The Balaban J connectivity index is 1.75. The van der Waals surface area contributed by atoms with Crippen molar-refractivity contribution in [1.29, 1.82) is 0 Å². The van der Waals surface area contributed by atoms with E-state index >= 15 is 0 Å². The highest BCUT2D eigenvalue weighted by atomic mass is 15.2. The zero-order valence-corrected chi connectivity index (χ0v) is 10.2. The topological polar surface area (TPSA) is 41.0 Å². The number of rotatable bonds is 1. The maximum absolute atomic E-state index is 4.51. The van der Waals surface area contributed by atoms with Gasteiger partial charge in [0.2, 0.25) is 0 Å². The maximum Gasteiger partial charge on any atom is 0.139 e. The summed E-state index contributed by atoms with van der Waals surface area (Å²) in [6.45, 7) is 4.56. The van der Waals surface area contributed by atoms with Crippen molar-refractivity contribution in [3.8, 4) is 0 Å². The molecule has 3 heterocycles. The van der Waals surface area contributed by atoms with Crippen LogP contribution in [0.5, 0.6) is 0 Å². The molecule has 0 saturated carbocycles. The van der Waals surface area contributed by atoms with Gasteiger partial charge in [0.05, 0.1) is 5.52 Å². The highest BCUT2D eigenvalue weighted by molar-refractivity contribution is 5.89. The zero-order valence-electron chi connectivity index (χ0n) is 10.2. The number of fused-ring (bicyclic) bond motifs is 2. The number of hydrogen-bond acceptors (Lipinski definition) is 4. The van der Waals surface area contributed by atoms with Crippen LogP contribution >= 0.6 is 0 Å². The van der Waals surface area contributed by atoms with E-state index in [1.54, 1.807) is 6.33 Å². The van der Waals surface area contributed by atoms with E-state index in [1.807, 2.05) is 6.07 Å². The Labute approximate surface area is 106 Å². The van der Waals surface area contributed by atoms with Crippen molar-refractivity contribution >= 4 is 16.7 Å². The normalized spacial score (nSPS) is 26.8. The molecule has 0 aliphatic carbocycles. The summed E-state index contributed by atoms with van der Waals surface area (Å²) in [7, 11) is 0. The molecule has 4 nitrogen and oxygen atoms in total. The lowest BCUT2D eigenvalue weighted by atomic mass is 10.0. The molecule has 1 N–H and O–H groups in total. The molecule has 0 amide bonds. The number of para-hydroxylation sites is 1. The van der Waals surface area contributed by atoms with Gasteiger partial charge >= 0.3 is 0 Å². The third-order valence-electron chi connectivity index (χ3n) is 4.21. The molecule has 0 radical (unpaired) electrons. The summed E-state index contributed by atoms with van der Waals surface area (Å²) in [5, 5.41) is 4.65. The molecule has 1 aromatic heterocycles. The maximum atomic E-state index is 4.51. The average Bonchev–Trinajstić information content (AvgIpc) is 2.99. The Morgan fingerprint density at radius 3 is 2.67 bits per heavy atom. The second-order valence-corrected chi connectivity index (χ2v) is 5.30. The van der Waals surface area contributed by atoms with E-state index in [9.17, 15) is 0 Å². The molecular weight excluding hydrogens is 224 g/mol. The van der Waals surface area contributed by atoms with E-state index in [1.165, 1.54) is 5.39 Å². The minimum absolute atomic E-state index is 0.790. The van der Waals surface area contributed by atoms with Gasteiger partial charge in [-0.25, -0.2) is 9.97 Å². The molecule has 92 valence electrons. The Morgan fingerprint density at radius 1 is 1.06 bits per heavy atom. The molecular formula is C14H16N4. The van der Waals surface area contributed by atoms with E-state index in [0.29, 0.717) is 0 Å². The molecule has 18 heavy (non-hydrogen) atoms. The molecule has 4 heteroatoms. The largest absolute Gasteiger partial charge is 0.355 e. The Morgan fingerprint density at radius 2 is 1.83 bits per heavy atom. The summed E-state index contributed by atoms with van der Waals surface area (Å²) in [4.78, 5) is 11.3.